The van der Waals surface area contributed by atoms with E-state index >= 15 is 0 Å². The van der Waals surface area contributed by atoms with E-state index in [9.17, 15) is 9.59 Å². The van der Waals surface area contributed by atoms with E-state index in [1.165, 1.54) is 22.7 Å². The van der Waals surface area contributed by atoms with Gasteiger partial charge in [0.25, 0.3) is 0 Å². The monoisotopic (exact) mass is 456 g/mol. The Kier molecular flexibility index (Phi) is 4.34. The number of thiazole rings is 2. The predicted molar refractivity (Wildman–Crippen MR) is 126 cm³/mol. The fourth-order valence-corrected chi connectivity index (χ4v) is 5.16. The summed E-state index contributed by atoms with van der Waals surface area (Å²) in [5.74, 6) is 0. The third kappa shape index (κ3) is 3.17. The summed E-state index contributed by atoms with van der Waals surface area (Å²) in [4.78, 5) is 34.1. The predicted octanol–water partition coefficient (Wildman–Crippen LogP) is 5.81. The van der Waals surface area contributed by atoms with E-state index in [0.717, 1.165) is 10.8 Å². The Morgan fingerprint density at radius 1 is 0.625 bits per heavy atom. The summed E-state index contributed by atoms with van der Waals surface area (Å²) >= 11 is 2.76. The van der Waals surface area contributed by atoms with Crippen LogP contribution in [0, 0.1) is 0 Å². The fourth-order valence-electron chi connectivity index (χ4n) is 3.47. The molecule has 4 aromatic heterocycles. The summed E-state index contributed by atoms with van der Waals surface area (Å²) in [5, 5.41) is 6.60. The molecule has 154 valence electrons. The lowest BCUT2D eigenvalue weighted by Gasteiger charge is -1.99. The molecule has 4 heterocycles. The SMILES string of the molecule is O=c1oc2ccccc2cc1-c1csc(-c2nc(-c3cc4ccccc4oc3=O)cs2)n1. The molecule has 0 aliphatic carbocycles. The molecule has 2 aromatic carbocycles. The van der Waals surface area contributed by atoms with Gasteiger partial charge in [-0.1, -0.05) is 36.4 Å². The molecule has 0 N–H and O–H groups in total. The van der Waals surface area contributed by atoms with Gasteiger partial charge >= 0.3 is 11.3 Å². The first-order valence-electron chi connectivity index (χ1n) is 9.64. The number of aromatic nitrogens is 2. The van der Waals surface area contributed by atoms with E-state index in [0.29, 0.717) is 43.7 Å². The molecule has 0 aliphatic heterocycles. The van der Waals surface area contributed by atoms with E-state index in [1.54, 1.807) is 24.3 Å². The van der Waals surface area contributed by atoms with Gasteiger partial charge in [0.1, 0.15) is 11.2 Å². The Labute approximate surface area is 188 Å². The highest BCUT2D eigenvalue weighted by Crippen LogP contribution is 2.33. The van der Waals surface area contributed by atoms with Crippen LogP contribution in [-0.2, 0) is 0 Å². The standard InChI is InChI=1S/C24H12N2O4S2/c27-23-15(9-13-5-1-3-7-19(13)29-23)17-11-31-21(25-17)22-26-18(12-32-22)16-10-14-6-2-4-8-20(14)30-24(16)28/h1-12H. The van der Waals surface area contributed by atoms with Crippen molar-refractivity contribution in [2.24, 2.45) is 0 Å². The van der Waals surface area contributed by atoms with Crippen molar-refractivity contribution in [3.8, 4) is 32.5 Å². The number of benzene rings is 2. The van der Waals surface area contributed by atoms with Crippen LogP contribution in [0.4, 0.5) is 0 Å². The Morgan fingerprint density at radius 2 is 1.06 bits per heavy atom. The van der Waals surface area contributed by atoms with Crippen molar-refractivity contribution in [3.05, 3.63) is 92.3 Å². The van der Waals surface area contributed by atoms with Crippen molar-refractivity contribution in [1.29, 1.82) is 0 Å². The number of nitrogens with zero attached hydrogens (tertiary/aromatic N) is 2. The van der Waals surface area contributed by atoms with Gasteiger partial charge in [-0.2, -0.15) is 0 Å². The molecule has 0 fully saturated rings. The zero-order valence-corrected chi connectivity index (χ0v) is 17.9. The van der Waals surface area contributed by atoms with Crippen LogP contribution in [-0.4, -0.2) is 9.97 Å². The van der Waals surface area contributed by atoms with Gasteiger partial charge in [-0.05, 0) is 24.3 Å². The first kappa shape index (κ1) is 18.9. The number of fused-ring (bicyclic) bond motifs is 2. The number of hydrogen-bond acceptors (Lipinski definition) is 8. The zero-order valence-electron chi connectivity index (χ0n) is 16.3. The highest BCUT2D eigenvalue weighted by Gasteiger charge is 2.16. The van der Waals surface area contributed by atoms with Gasteiger partial charge in [0, 0.05) is 21.5 Å². The average molecular weight is 457 g/mol. The van der Waals surface area contributed by atoms with Gasteiger partial charge in [0.2, 0.25) is 0 Å². The van der Waals surface area contributed by atoms with Crippen LogP contribution in [0.25, 0.3) is 54.5 Å². The second-order valence-electron chi connectivity index (χ2n) is 7.05. The van der Waals surface area contributed by atoms with E-state index < -0.39 is 11.3 Å². The maximum Gasteiger partial charge on any atom is 0.345 e. The minimum Gasteiger partial charge on any atom is -0.422 e. The van der Waals surface area contributed by atoms with Crippen molar-refractivity contribution in [1.82, 2.24) is 9.97 Å². The smallest absolute Gasteiger partial charge is 0.345 e. The zero-order chi connectivity index (χ0) is 21.7. The molecular formula is C24H12N2O4S2. The van der Waals surface area contributed by atoms with Crippen LogP contribution in [0.3, 0.4) is 0 Å². The lowest BCUT2D eigenvalue weighted by Crippen LogP contribution is -2.03. The van der Waals surface area contributed by atoms with Gasteiger partial charge in [-0.3, -0.25) is 0 Å². The van der Waals surface area contributed by atoms with Crippen LogP contribution in [0.2, 0.25) is 0 Å². The molecule has 0 bridgehead atoms. The number of para-hydroxylation sites is 2. The summed E-state index contributed by atoms with van der Waals surface area (Å²) in [6.45, 7) is 0. The van der Waals surface area contributed by atoms with Crippen LogP contribution in [0.1, 0.15) is 0 Å². The molecule has 0 radical (unpaired) electrons. The topological polar surface area (TPSA) is 86.2 Å². The second-order valence-corrected chi connectivity index (χ2v) is 8.76. The second kappa shape index (κ2) is 7.37. The van der Waals surface area contributed by atoms with E-state index in [2.05, 4.69) is 9.97 Å². The highest BCUT2D eigenvalue weighted by atomic mass is 32.1. The molecule has 0 saturated heterocycles. The lowest BCUT2D eigenvalue weighted by molar-refractivity contribution is 0.563. The summed E-state index contributed by atoms with van der Waals surface area (Å²) in [7, 11) is 0. The van der Waals surface area contributed by atoms with Gasteiger partial charge in [-0.15, -0.1) is 22.7 Å². The first-order chi connectivity index (χ1) is 15.7. The average Bonchev–Trinajstić information content (AvgIpc) is 3.48. The van der Waals surface area contributed by atoms with Crippen molar-refractivity contribution >= 4 is 44.6 Å². The van der Waals surface area contributed by atoms with E-state index in [1.807, 2.05) is 47.2 Å². The molecule has 6 aromatic rings. The molecule has 0 aliphatic rings. The Bertz CT molecular complexity index is 1610. The summed E-state index contributed by atoms with van der Waals surface area (Å²) in [5.41, 5.74) is 2.07. The Hall–Kier alpha value is -3.88. The molecule has 0 unspecified atom stereocenters. The number of hydrogen-bond donors (Lipinski definition) is 0. The van der Waals surface area contributed by atoms with Gasteiger partial charge < -0.3 is 8.83 Å². The third-order valence-electron chi connectivity index (χ3n) is 5.03. The van der Waals surface area contributed by atoms with E-state index in [-0.39, 0.29) is 0 Å². The van der Waals surface area contributed by atoms with E-state index in [4.69, 9.17) is 8.83 Å². The molecule has 6 rings (SSSR count). The largest absolute Gasteiger partial charge is 0.422 e. The molecule has 6 nitrogen and oxygen atoms in total. The van der Waals surface area contributed by atoms with Crippen LogP contribution in [0.15, 0.2) is 89.8 Å². The van der Waals surface area contributed by atoms with Crippen molar-refractivity contribution in [2.45, 2.75) is 0 Å². The Balaban J connectivity index is 1.39. The summed E-state index contributed by atoms with van der Waals surface area (Å²) in [6.07, 6.45) is 0. The molecule has 0 spiro atoms. The molecular weight excluding hydrogens is 444 g/mol. The summed E-state index contributed by atoms with van der Waals surface area (Å²) in [6, 6.07) is 18.3. The summed E-state index contributed by atoms with van der Waals surface area (Å²) < 4.78 is 10.8. The molecule has 8 heteroatoms. The van der Waals surface area contributed by atoms with Crippen LogP contribution in [0.5, 0.6) is 0 Å². The maximum absolute atomic E-state index is 12.5. The van der Waals surface area contributed by atoms with Crippen LogP contribution < -0.4 is 11.3 Å². The number of rotatable bonds is 3. The Morgan fingerprint density at radius 3 is 1.53 bits per heavy atom. The maximum atomic E-state index is 12.5. The van der Waals surface area contributed by atoms with Crippen molar-refractivity contribution < 1.29 is 8.83 Å². The van der Waals surface area contributed by atoms with Crippen LogP contribution >= 0.6 is 22.7 Å². The molecule has 0 atom stereocenters. The fraction of sp³-hybridized carbons (Fsp3) is 0. The highest BCUT2D eigenvalue weighted by molar-refractivity contribution is 7.20. The normalized spacial score (nSPS) is 11.4. The quantitative estimate of drug-likeness (QED) is 0.312. The first-order valence-corrected chi connectivity index (χ1v) is 11.4. The molecule has 0 amide bonds. The molecule has 0 saturated carbocycles. The molecule has 32 heavy (non-hydrogen) atoms. The minimum absolute atomic E-state index is 0.401. The van der Waals surface area contributed by atoms with Crippen molar-refractivity contribution in [2.75, 3.05) is 0 Å². The minimum atomic E-state index is -0.436. The lowest BCUT2D eigenvalue weighted by atomic mass is 10.1. The van der Waals surface area contributed by atoms with Gasteiger partial charge in [0.05, 0.1) is 22.5 Å². The third-order valence-corrected chi connectivity index (χ3v) is 6.85. The van der Waals surface area contributed by atoms with Crippen molar-refractivity contribution in [3.63, 3.8) is 0 Å². The van der Waals surface area contributed by atoms with Gasteiger partial charge in [0.15, 0.2) is 10.0 Å². The van der Waals surface area contributed by atoms with Gasteiger partial charge in [-0.25, -0.2) is 19.6 Å².